The van der Waals surface area contributed by atoms with Crippen LogP contribution in [0.3, 0.4) is 0 Å². The fourth-order valence-electron chi connectivity index (χ4n) is 3.39. The lowest BCUT2D eigenvalue weighted by Gasteiger charge is -2.46. The first-order chi connectivity index (χ1) is 11.9. The molecule has 2 rings (SSSR count). The molecule has 0 spiro atoms. The number of hydrogen-bond donors (Lipinski definition) is 4. The first-order valence-corrected chi connectivity index (χ1v) is 8.63. The molecule has 0 aromatic heterocycles. The van der Waals surface area contributed by atoms with Crippen LogP contribution in [0.25, 0.3) is 0 Å². The number of ether oxygens (including phenoxy) is 5. The summed E-state index contributed by atoms with van der Waals surface area (Å²) in [4.78, 5) is 0. The van der Waals surface area contributed by atoms with Crippen LogP contribution in [0.1, 0.15) is 26.7 Å². The van der Waals surface area contributed by atoms with Crippen molar-refractivity contribution < 1.29 is 44.1 Å². The van der Waals surface area contributed by atoms with E-state index in [0.717, 1.165) is 0 Å². The quantitative estimate of drug-likeness (QED) is 0.456. The minimum atomic E-state index is -1.37. The van der Waals surface area contributed by atoms with Crippen LogP contribution in [0.2, 0.25) is 0 Å². The molecular weight excluding hydrogens is 336 g/mol. The van der Waals surface area contributed by atoms with E-state index >= 15 is 0 Å². The molecule has 25 heavy (non-hydrogen) atoms. The summed E-state index contributed by atoms with van der Waals surface area (Å²) < 4.78 is 27.3. The van der Waals surface area contributed by atoms with Crippen LogP contribution in [0.5, 0.6) is 0 Å². The molecule has 0 amide bonds. The lowest BCUT2D eigenvalue weighted by molar-refractivity contribution is -0.355. The Morgan fingerprint density at radius 2 is 1.16 bits per heavy atom. The molecule has 148 valence electrons. The smallest absolute Gasteiger partial charge is 0.187 e. The number of aliphatic hydroxyl groups excluding tert-OH is 4. The molecule has 0 bridgehead atoms. The van der Waals surface area contributed by atoms with Gasteiger partial charge in [0.05, 0.1) is 12.2 Å². The van der Waals surface area contributed by atoms with Gasteiger partial charge in [-0.1, -0.05) is 13.8 Å². The van der Waals surface area contributed by atoms with Gasteiger partial charge in [-0.15, -0.1) is 0 Å². The van der Waals surface area contributed by atoms with Crippen molar-refractivity contribution in [3.8, 4) is 0 Å². The van der Waals surface area contributed by atoms with Crippen molar-refractivity contribution in [1.29, 1.82) is 0 Å². The van der Waals surface area contributed by atoms with E-state index in [-0.39, 0.29) is 0 Å². The van der Waals surface area contributed by atoms with Gasteiger partial charge >= 0.3 is 0 Å². The van der Waals surface area contributed by atoms with Gasteiger partial charge < -0.3 is 44.1 Å². The molecule has 0 saturated carbocycles. The van der Waals surface area contributed by atoms with Crippen LogP contribution < -0.4 is 0 Å². The van der Waals surface area contributed by atoms with Gasteiger partial charge in [-0.05, 0) is 12.8 Å². The number of rotatable bonds is 6. The van der Waals surface area contributed by atoms with Crippen molar-refractivity contribution in [1.82, 2.24) is 0 Å². The van der Waals surface area contributed by atoms with Crippen LogP contribution in [-0.2, 0) is 23.7 Å². The Labute approximate surface area is 147 Å². The average Bonchev–Trinajstić information content (AvgIpc) is 2.62. The Morgan fingerprint density at radius 1 is 0.680 bits per heavy atom. The van der Waals surface area contributed by atoms with Gasteiger partial charge in [0.15, 0.2) is 12.6 Å². The average molecular weight is 366 g/mol. The zero-order chi connectivity index (χ0) is 18.7. The molecule has 2 aliphatic rings. The van der Waals surface area contributed by atoms with Crippen molar-refractivity contribution in [3.63, 3.8) is 0 Å². The third-order valence-electron chi connectivity index (χ3n) is 4.88. The molecule has 0 radical (unpaired) electrons. The van der Waals surface area contributed by atoms with E-state index < -0.39 is 61.4 Å². The highest BCUT2D eigenvalue weighted by Gasteiger charge is 2.50. The molecule has 0 unspecified atom stereocenters. The highest BCUT2D eigenvalue weighted by atomic mass is 16.7. The van der Waals surface area contributed by atoms with Crippen molar-refractivity contribution in [2.75, 3.05) is 14.2 Å². The predicted octanol–water partition coefficient (Wildman–Crippen LogP) is -1.25. The van der Waals surface area contributed by atoms with Gasteiger partial charge in [-0.2, -0.15) is 0 Å². The molecule has 0 aliphatic carbocycles. The summed E-state index contributed by atoms with van der Waals surface area (Å²) in [6, 6.07) is 0. The third-order valence-corrected chi connectivity index (χ3v) is 4.88. The zero-order valence-electron chi connectivity index (χ0n) is 15.0. The Morgan fingerprint density at radius 3 is 1.68 bits per heavy atom. The molecular formula is C16H30O9. The largest absolute Gasteiger partial charge is 0.387 e. The minimum absolute atomic E-state index is 0.480. The van der Waals surface area contributed by atoms with Crippen LogP contribution in [0, 0.1) is 0 Å². The van der Waals surface area contributed by atoms with E-state index in [4.69, 9.17) is 23.7 Å². The second-order valence-electron chi connectivity index (χ2n) is 6.40. The lowest BCUT2D eigenvalue weighted by atomic mass is 9.95. The number of aliphatic hydroxyl groups is 4. The summed E-state index contributed by atoms with van der Waals surface area (Å²) in [5.41, 5.74) is 0. The minimum Gasteiger partial charge on any atom is -0.387 e. The fourth-order valence-corrected chi connectivity index (χ4v) is 3.39. The summed E-state index contributed by atoms with van der Waals surface area (Å²) in [5, 5.41) is 41.0. The summed E-state index contributed by atoms with van der Waals surface area (Å²) in [7, 11) is 2.80. The van der Waals surface area contributed by atoms with Crippen LogP contribution >= 0.6 is 0 Å². The highest BCUT2D eigenvalue weighted by molar-refractivity contribution is 4.94. The molecule has 9 heteroatoms. The van der Waals surface area contributed by atoms with Crippen molar-refractivity contribution >= 4 is 0 Å². The molecule has 4 N–H and O–H groups in total. The van der Waals surface area contributed by atoms with Gasteiger partial charge in [0, 0.05) is 14.2 Å². The Hall–Kier alpha value is -0.360. The zero-order valence-corrected chi connectivity index (χ0v) is 15.0. The fraction of sp³-hybridized carbons (Fsp3) is 1.00. The molecule has 2 saturated heterocycles. The monoisotopic (exact) mass is 366 g/mol. The maximum absolute atomic E-state index is 10.4. The van der Waals surface area contributed by atoms with E-state index in [2.05, 4.69) is 0 Å². The Balaban J connectivity index is 2.13. The maximum Gasteiger partial charge on any atom is 0.187 e. The number of hydrogen-bond acceptors (Lipinski definition) is 9. The van der Waals surface area contributed by atoms with E-state index in [1.807, 2.05) is 13.8 Å². The van der Waals surface area contributed by atoms with E-state index in [9.17, 15) is 20.4 Å². The van der Waals surface area contributed by atoms with Crippen LogP contribution in [0.4, 0.5) is 0 Å². The van der Waals surface area contributed by atoms with Gasteiger partial charge in [0.1, 0.15) is 36.6 Å². The first-order valence-electron chi connectivity index (χ1n) is 8.63. The second kappa shape index (κ2) is 9.03. The van der Waals surface area contributed by atoms with Crippen LogP contribution in [0.15, 0.2) is 0 Å². The van der Waals surface area contributed by atoms with Crippen molar-refractivity contribution in [3.05, 3.63) is 0 Å². The van der Waals surface area contributed by atoms with Crippen molar-refractivity contribution in [2.45, 2.75) is 88.1 Å². The van der Waals surface area contributed by atoms with Crippen molar-refractivity contribution in [2.24, 2.45) is 0 Å². The lowest BCUT2D eigenvalue weighted by Crippen LogP contribution is -2.63. The predicted molar refractivity (Wildman–Crippen MR) is 84.6 cm³/mol. The summed E-state index contributed by atoms with van der Waals surface area (Å²) in [5.74, 6) is 0. The third kappa shape index (κ3) is 4.15. The molecule has 0 aromatic carbocycles. The molecule has 2 fully saturated rings. The van der Waals surface area contributed by atoms with E-state index in [1.54, 1.807) is 0 Å². The van der Waals surface area contributed by atoms with E-state index in [0.29, 0.717) is 12.8 Å². The summed E-state index contributed by atoms with van der Waals surface area (Å²) >= 11 is 0. The summed E-state index contributed by atoms with van der Waals surface area (Å²) in [6.45, 7) is 3.69. The molecule has 10 atom stereocenters. The van der Waals surface area contributed by atoms with Gasteiger partial charge in [-0.25, -0.2) is 0 Å². The molecule has 2 aliphatic heterocycles. The number of methoxy groups -OCH3 is 2. The van der Waals surface area contributed by atoms with Crippen LogP contribution in [-0.4, -0.2) is 96.1 Å². The molecule has 0 aromatic rings. The second-order valence-corrected chi connectivity index (χ2v) is 6.40. The molecule has 9 nitrogen and oxygen atoms in total. The topological polar surface area (TPSA) is 127 Å². The van der Waals surface area contributed by atoms with Gasteiger partial charge in [0.2, 0.25) is 0 Å². The normalized spacial score (nSPS) is 48.5. The first kappa shape index (κ1) is 20.9. The standard InChI is InChI=1S/C16H30O9/c1-5-7-13(21-3)9(17)12(20)16(24-7)25-14-8(6-2)23-15(22-4)11(19)10(14)18/h7-20H,5-6H2,1-4H3/t7-,8-,9+,10+,11+,12+,13+,14+,15+,16-/m1/s1. The van der Waals surface area contributed by atoms with E-state index in [1.165, 1.54) is 14.2 Å². The summed E-state index contributed by atoms with van der Waals surface area (Å²) in [6.07, 6.45) is -8.99. The Kier molecular flexibility index (Phi) is 7.56. The van der Waals surface area contributed by atoms with Gasteiger partial charge in [-0.3, -0.25) is 0 Å². The SMILES string of the molecule is CC[C@H]1O[C@H](O[C@@H]2[C@@H](O)[C@H](O)[C@@H](OC)O[C@@H]2CC)[C@@H](O)[C@H](O)[C@H]1OC. The van der Waals surface area contributed by atoms with Gasteiger partial charge in [0.25, 0.3) is 0 Å². The molecule has 2 heterocycles. The maximum atomic E-state index is 10.4. The Bertz CT molecular complexity index is 405. The highest BCUT2D eigenvalue weighted by Crippen LogP contribution is 2.31.